The lowest BCUT2D eigenvalue weighted by Crippen LogP contribution is -2.72. The molecule has 3 amide bonds. The number of imide groups is 1. The van der Waals surface area contributed by atoms with E-state index in [9.17, 15) is 14.4 Å². The number of likely N-dealkylation sites (N-methyl/N-ethyl adjacent to an activating group) is 2. The molecule has 3 aliphatic rings. The Balaban J connectivity index is 0.00000158. The van der Waals surface area contributed by atoms with Crippen molar-refractivity contribution in [1.29, 1.82) is 0 Å². The number of hydrogen-bond donors (Lipinski definition) is 1. The number of rotatable bonds is 6. The molecule has 6 nitrogen and oxygen atoms in total. The van der Waals surface area contributed by atoms with Crippen molar-refractivity contribution in [2.45, 2.75) is 59.9 Å². The minimum atomic E-state index is -0.718. The van der Waals surface area contributed by atoms with Gasteiger partial charge in [-0.2, -0.15) is 0 Å². The van der Waals surface area contributed by atoms with Crippen molar-refractivity contribution in [2.24, 2.45) is 5.92 Å². The molecule has 0 unspecified atom stereocenters. The van der Waals surface area contributed by atoms with Crippen molar-refractivity contribution in [3.05, 3.63) is 35.7 Å². The third-order valence-electron chi connectivity index (χ3n) is 4.72. The van der Waals surface area contributed by atoms with Crippen LogP contribution >= 0.6 is 0 Å². The number of fused-ring (bicyclic) bond motifs is 2. The molecule has 1 N–H and O–H groups in total. The molecule has 0 aromatic rings. The monoisotopic (exact) mass is 377 g/mol. The molecular formula is C21H35N3O3. The van der Waals surface area contributed by atoms with Gasteiger partial charge in [-0.25, -0.2) is 0 Å². The van der Waals surface area contributed by atoms with Crippen molar-refractivity contribution in [1.82, 2.24) is 15.1 Å². The van der Waals surface area contributed by atoms with Crippen molar-refractivity contribution in [3.8, 4) is 0 Å². The fourth-order valence-electron chi connectivity index (χ4n) is 3.26. The molecule has 3 fully saturated rings. The molecule has 2 bridgehead atoms. The number of carbonyl (C=O) groups is 3. The molecule has 0 aromatic carbocycles. The maximum atomic E-state index is 12.4. The zero-order valence-electron chi connectivity index (χ0n) is 18.0. The van der Waals surface area contributed by atoms with Crippen LogP contribution < -0.4 is 5.32 Å². The maximum absolute atomic E-state index is 12.4. The normalized spacial score (nSPS) is 23.9. The highest BCUT2D eigenvalue weighted by Gasteiger charge is 2.60. The summed E-state index contributed by atoms with van der Waals surface area (Å²) in [5, 5.41) is 2.44. The first-order chi connectivity index (χ1) is 12.9. The van der Waals surface area contributed by atoms with Gasteiger partial charge in [-0.1, -0.05) is 45.9 Å². The predicted octanol–water partition coefficient (Wildman–Crippen LogP) is 3.23. The molecule has 2 heterocycles. The van der Waals surface area contributed by atoms with E-state index < -0.39 is 5.54 Å². The SMILES string of the molecule is CC.CC.C\C=C/C=C(\C(=C/C)N(C)C=O)N(C)C12CC(C1)C(=O)NC2=O. The van der Waals surface area contributed by atoms with Crippen LogP contribution in [0.1, 0.15) is 54.4 Å². The lowest BCUT2D eigenvalue weighted by Gasteiger charge is -2.55. The molecule has 1 saturated carbocycles. The lowest BCUT2D eigenvalue weighted by molar-refractivity contribution is -0.159. The minimum absolute atomic E-state index is 0.101. The smallest absolute Gasteiger partial charge is 0.252 e. The summed E-state index contributed by atoms with van der Waals surface area (Å²) in [6, 6.07) is 0. The van der Waals surface area contributed by atoms with Crippen LogP contribution in [0, 0.1) is 5.92 Å². The number of nitrogens with zero attached hydrogens (tertiary/aromatic N) is 2. The Kier molecular flexibility index (Phi) is 10.4. The fraction of sp³-hybridized carbons (Fsp3) is 0.571. The topological polar surface area (TPSA) is 69.7 Å². The molecule has 1 aliphatic carbocycles. The van der Waals surface area contributed by atoms with E-state index in [1.165, 1.54) is 4.90 Å². The summed E-state index contributed by atoms with van der Waals surface area (Å²) in [5.41, 5.74) is 0.760. The molecule has 0 atom stereocenters. The summed E-state index contributed by atoms with van der Waals surface area (Å²) >= 11 is 0. The van der Waals surface area contributed by atoms with Crippen LogP contribution in [-0.2, 0) is 14.4 Å². The van der Waals surface area contributed by atoms with Crippen LogP contribution in [0.15, 0.2) is 35.7 Å². The molecule has 27 heavy (non-hydrogen) atoms. The van der Waals surface area contributed by atoms with Gasteiger partial charge >= 0.3 is 0 Å². The fourth-order valence-corrected chi connectivity index (χ4v) is 3.26. The van der Waals surface area contributed by atoms with E-state index in [4.69, 9.17) is 0 Å². The van der Waals surface area contributed by atoms with Crippen molar-refractivity contribution >= 4 is 18.2 Å². The highest BCUT2D eigenvalue weighted by atomic mass is 16.2. The molecule has 152 valence electrons. The molecule has 0 aromatic heterocycles. The Morgan fingerprint density at radius 3 is 2.04 bits per heavy atom. The average Bonchev–Trinajstić information content (AvgIpc) is 2.66. The maximum Gasteiger partial charge on any atom is 0.252 e. The van der Waals surface area contributed by atoms with Gasteiger partial charge in [0.15, 0.2) is 0 Å². The van der Waals surface area contributed by atoms with Gasteiger partial charge in [-0.3, -0.25) is 19.7 Å². The van der Waals surface area contributed by atoms with Crippen molar-refractivity contribution < 1.29 is 14.4 Å². The van der Waals surface area contributed by atoms with E-state index in [0.29, 0.717) is 18.5 Å². The Morgan fingerprint density at radius 1 is 1.07 bits per heavy atom. The average molecular weight is 378 g/mol. The van der Waals surface area contributed by atoms with Gasteiger partial charge < -0.3 is 9.80 Å². The Bertz CT molecular complexity index is 614. The van der Waals surface area contributed by atoms with Gasteiger partial charge in [-0.15, -0.1) is 0 Å². The van der Waals surface area contributed by atoms with Gasteiger partial charge in [0.25, 0.3) is 5.91 Å². The summed E-state index contributed by atoms with van der Waals surface area (Å²) < 4.78 is 0. The van der Waals surface area contributed by atoms with Gasteiger partial charge in [0, 0.05) is 20.0 Å². The van der Waals surface area contributed by atoms with Gasteiger partial charge in [-0.05, 0) is 32.8 Å². The second-order valence-electron chi connectivity index (χ2n) is 5.98. The Labute approximate surface area is 164 Å². The van der Waals surface area contributed by atoms with E-state index in [-0.39, 0.29) is 17.7 Å². The van der Waals surface area contributed by atoms with E-state index in [1.54, 1.807) is 7.05 Å². The number of amides is 3. The van der Waals surface area contributed by atoms with E-state index in [0.717, 1.165) is 12.1 Å². The predicted molar refractivity (Wildman–Crippen MR) is 110 cm³/mol. The summed E-state index contributed by atoms with van der Waals surface area (Å²) in [4.78, 5) is 38.6. The van der Waals surface area contributed by atoms with E-state index >= 15 is 0 Å². The summed E-state index contributed by atoms with van der Waals surface area (Å²) in [5.74, 6) is -0.542. The number of carbonyl (C=O) groups excluding carboxylic acids is 3. The number of hydrogen-bond acceptors (Lipinski definition) is 4. The molecule has 0 radical (unpaired) electrons. The van der Waals surface area contributed by atoms with Gasteiger partial charge in [0.05, 0.1) is 11.4 Å². The third-order valence-corrected chi connectivity index (χ3v) is 4.72. The van der Waals surface area contributed by atoms with E-state index in [2.05, 4.69) is 5.32 Å². The number of piperidine rings is 2. The third kappa shape index (κ3) is 4.87. The van der Waals surface area contributed by atoms with Crippen LogP contribution in [0.4, 0.5) is 0 Å². The second kappa shape index (κ2) is 11.4. The van der Waals surface area contributed by atoms with Crippen LogP contribution in [0.5, 0.6) is 0 Å². The second-order valence-corrected chi connectivity index (χ2v) is 5.98. The zero-order valence-corrected chi connectivity index (χ0v) is 18.0. The minimum Gasteiger partial charge on any atom is -0.358 e. The molecule has 0 spiro atoms. The standard InChI is InChI=1S/C17H23N3O3.2C2H6/c1-5-7-8-14(13(6-2)19(3)11-21)20(4)17-9-12(10-17)15(22)18-16(17)23;2*1-2/h5-8,11-12H,9-10H2,1-4H3,(H,18,22,23);2*1-2H3/b7-5-,13-6+,14-8+;;. The summed E-state index contributed by atoms with van der Waals surface area (Å²) in [7, 11) is 3.51. The lowest BCUT2D eigenvalue weighted by atomic mass is 9.63. The van der Waals surface area contributed by atoms with E-state index in [1.807, 2.05) is 77.8 Å². The zero-order chi connectivity index (χ0) is 21.2. The van der Waals surface area contributed by atoms with Gasteiger partial charge in [0.2, 0.25) is 12.3 Å². The Morgan fingerprint density at radius 2 is 1.63 bits per heavy atom. The first-order valence-corrected chi connectivity index (χ1v) is 9.68. The summed E-state index contributed by atoms with van der Waals surface area (Å²) in [6.45, 7) is 11.7. The Hall–Kier alpha value is -2.37. The van der Waals surface area contributed by atoms with Crippen LogP contribution in [-0.4, -0.2) is 47.7 Å². The van der Waals surface area contributed by atoms with Gasteiger partial charge in [0.1, 0.15) is 5.54 Å². The highest BCUT2D eigenvalue weighted by Crippen LogP contribution is 2.47. The first kappa shape index (κ1) is 24.6. The van der Waals surface area contributed by atoms with Crippen LogP contribution in [0.3, 0.4) is 0 Å². The molecule has 2 aliphatic heterocycles. The van der Waals surface area contributed by atoms with Crippen LogP contribution in [0.25, 0.3) is 0 Å². The molecular weight excluding hydrogens is 342 g/mol. The molecule has 3 rings (SSSR count). The van der Waals surface area contributed by atoms with Crippen LogP contribution in [0.2, 0.25) is 0 Å². The number of allylic oxidation sites excluding steroid dienone is 4. The largest absolute Gasteiger partial charge is 0.358 e. The quantitative estimate of drug-likeness (QED) is 0.438. The molecule has 6 heteroatoms. The first-order valence-electron chi connectivity index (χ1n) is 9.68. The number of nitrogens with one attached hydrogen (secondary N) is 1. The van der Waals surface area contributed by atoms with Crippen molar-refractivity contribution in [3.63, 3.8) is 0 Å². The summed E-state index contributed by atoms with van der Waals surface area (Å²) in [6.07, 6.45) is 9.23. The van der Waals surface area contributed by atoms with Crippen molar-refractivity contribution in [2.75, 3.05) is 14.1 Å². The molecule has 2 saturated heterocycles. The highest BCUT2D eigenvalue weighted by molar-refractivity contribution is 6.07.